The molecule has 3 aliphatic rings. The van der Waals surface area contributed by atoms with Crippen LogP contribution in [-0.4, -0.2) is 76.8 Å². The molecule has 4 amide bonds. The van der Waals surface area contributed by atoms with Crippen LogP contribution >= 0.6 is 0 Å². The highest BCUT2D eigenvalue weighted by molar-refractivity contribution is 5.97. The predicted octanol–water partition coefficient (Wildman–Crippen LogP) is 1.64. The lowest BCUT2D eigenvalue weighted by atomic mass is 9.91. The van der Waals surface area contributed by atoms with Crippen molar-refractivity contribution < 1.29 is 38.6 Å². The maximum Gasteiger partial charge on any atom is 0.414 e. The van der Waals surface area contributed by atoms with E-state index in [0.717, 1.165) is 25.7 Å². The molecular weight excluding hydrogens is 472 g/mol. The summed E-state index contributed by atoms with van der Waals surface area (Å²) in [7, 11) is 0. The molecule has 4 rings (SSSR count). The zero-order valence-electron chi connectivity index (χ0n) is 20.1. The summed E-state index contributed by atoms with van der Waals surface area (Å²) in [5.74, 6) is -0.178. The largest absolute Gasteiger partial charge is 0.486 e. The van der Waals surface area contributed by atoms with Crippen molar-refractivity contribution in [3.05, 3.63) is 18.0 Å². The molecule has 1 saturated carbocycles. The van der Waals surface area contributed by atoms with E-state index in [4.69, 9.17) is 14.2 Å². The Morgan fingerprint density at radius 2 is 1.94 bits per heavy atom. The highest BCUT2D eigenvalue weighted by atomic mass is 16.6. The fourth-order valence-electron chi connectivity index (χ4n) is 5.14. The van der Waals surface area contributed by atoms with Crippen molar-refractivity contribution in [3.8, 4) is 11.5 Å². The number of rotatable bonds is 9. The first-order valence-corrected chi connectivity index (χ1v) is 12.4. The van der Waals surface area contributed by atoms with E-state index < -0.39 is 24.0 Å². The Balaban J connectivity index is 1.32. The minimum Gasteiger partial charge on any atom is -0.486 e. The van der Waals surface area contributed by atoms with E-state index in [9.17, 15) is 24.4 Å². The summed E-state index contributed by atoms with van der Waals surface area (Å²) in [5.41, 5.74) is 0.429. The second-order valence-corrected chi connectivity index (χ2v) is 9.38. The smallest absolute Gasteiger partial charge is 0.414 e. The van der Waals surface area contributed by atoms with Crippen LogP contribution in [-0.2, 0) is 25.7 Å². The summed E-state index contributed by atoms with van der Waals surface area (Å²) in [4.78, 5) is 55.0. The van der Waals surface area contributed by atoms with Crippen LogP contribution < -0.4 is 14.8 Å². The summed E-state index contributed by atoms with van der Waals surface area (Å²) in [5, 5.41) is 12.4. The monoisotopic (exact) mass is 504 g/mol. The Labute approximate surface area is 208 Å². The first kappa shape index (κ1) is 25.7. The topological polar surface area (TPSA) is 148 Å². The van der Waals surface area contributed by atoms with E-state index in [1.807, 2.05) is 0 Å². The molecule has 12 heteroatoms. The molecular formula is C24H32N4O8. The third-order valence-electron chi connectivity index (χ3n) is 6.87. The quantitative estimate of drug-likeness (QED) is 0.291. The minimum absolute atomic E-state index is 0.131. The predicted molar refractivity (Wildman–Crippen MR) is 123 cm³/mol. The highest BCUT2D eigenvalue weighted by Crippen LogP contribution is 2.32. The van der Waals surface area contributed by atoms with E-state index in [-0.39, 0.29) is 25.5 Å². The second-order valence-electron chi connectivity index (χ2n) is 9.38. The molecule has 12 nitrogen and oxygen atoms in total. The molecule has 2 aliphatic heterocycles. The normalized spacial score (nSPS) is 20.0. The van der Waals surface area contributed by atoms with E-state index >= 15 is 0 Å². The summed E-state index contributed by atoms with van der Waals surface area (Å²) in [6, 6.07) is 0.779. The number of pyridine rings is 1. The molecule has 1 aromatic rings. The van der Waals surface area contributed by atoms with E-state index in [1.54, 1.807) is 6.07 Å². The number of likely N-dealkylation sites (tertiary alicyclic amines) is 1. The Hall–Kier alpha value is -3.41. The van der Waals surface area contributed by atoms with Gasteiger partial charge in [0, 0.05) is 12.6 Å². The van der Waals surface area contributed by atoms with Gasteiger partial charge in [0.05, 0.1) is 24.4 Å². The maximum atomic E-state index is 13.4. The minimum atomic E-state index is -0.944. The molecule has 36 heavy (non-hydrogen) atoms. The van der Waals surface area contributed by atoms with Crippen molar-refractivity contribution in [2.24, 2.45) is 11.8 Å². The lowest BCUT2D eigenvalue weighted by molar-refractivity contribution is -0.158. The van der Waals surface area contributed by atoms with Crippen molar-refractivity contribution in [2.75, 3.05) is 26.3 Å². The van der Waals surface area contributed by atoms with Gasteiger partial charge < -0.3 is 19.1 Å². The van der Waals surface area contributed by atoms with E-state index in [2.05, 4.69) is 10.3 Å². The number of carbonyl (C=O) groups is 4. The highest BCUT2D eigenvalue weighted by Gasteiger charge is 2.39. The fraction of sp³-hybridized carbons (Fsp3) is 0.625. The van der Waals surface area contributed by atoms with Gasteiger partial charge in [0.2, 0.25) is 12.3 Å². The number of alkyl carbamates (subject to hydrolysis) is 1. The van der Waals surface area contributed by atoms with Gasteiger partial charge in [-0.05, 0) is 25.2 Å². The molecule has 2 fully saturated rings. The molecule has 0 bridgehead atoms. The molecule has 0 unspecified atom stereocenters. The van der Waals surface area contributed by atoms with Crippen LogP contribution in [0.3, 0.4) is 0 Å². The number of aromatic nitrogens is 1. The summed E-state index contributed by atoms with van der Waals surface area (Å²) in [6.45, 7) is 0.905. The van der Waals surface area contributed by atoms with Gasteiger partial charge in [-0.25, -0.2) is 9.86 Å². The Bertz CT molecular complexity index is 967. The summed E-state index contributed by atoms with van der Waals surface area (Å²) in [6.07, 6.45) is 6.57. The van der Waals surface area contributed by atoms with Crippen LogP contribution in [0, 0.1) is 11.8 Å². The lowest BCUT2D eigenvalue weighted by Crippen LogP contribution is -2.50. The van der Waals surface area contributed by atoms with Crippen molar-refractivity contribution in [2.45, 2.75) is 57.6 Å². The van der Waals surface area contributed by atoms with Crippen LogP contribution in [0.4, 0.5) is 4.79 Å². The summed E-state index contributed by atoms with van der Waals surface area (Å²) < 4.78 is 16.0. The first-order chi connectivity index (χ1) is 17.4. The van der Waals surface area contributed by atoms with Crippen molar-refractivity contribution >= 4 is 24.3 Å². The zero-order valence-corrected chi connectivity index (χ0v) is 20.1. The second kappa shape index (κ2) is 12.0. The number of fused-ring (bicyclic) bond motifs is 1. The number of imide groups is 1. The molecule has 1 aromatic heterocycles. The van der Waals surface area contributed by atoms with Crippen LogP contribution in [0.15, 0.2) is 12.3 Å². The van der Waals surface area contributed by atoms with Crippen LogP contribution in [0.5, 0.6) is 11.5 Å². The van der Waals surface area contributed by atoms with E-state index in [0.29, 0.717) is 67.2 Å². The van der Waals surface area contributed by atoms with Gasteiger partial charge in [-0.3, -0.25) is 29.9 Å². The van der Waals surface area contributed by atoms with Gasteiger partial charge in [-0.15, -0.1) is 0 Å². The van der Waals surface area contributed by atoms with Gasteiger partial charge in [0.25, 0.3) is 5.91 Å². The van der Waals surface area contributed by atoms with E-state index in [1.165, 1.54) is 11.1 Å². The lowest BCUT2D eigenvalue weighted by Gasteiger charge is -2.30. The molecule has 0 radical (unpaired) electrons. The zero-order chi connectivity index (χ0) is 25.5. The fourth-order valence-corrected chi connectivity index (χ4v) is 5.14. The van der Waals surface area contributed by atoms with Gasteiger partial charge in [-0.2, -0.15) is 0 Å². The molecule has 2 atom stereocenters. The third-order valence-corrected chi connectivity index (χ3v) is 6.87. The van der Waals surface area contributed by atoms with Gasteiger partial charge in [0.15, 0.2) is 11.5 Å². The van der Waals surface area contributed by atoms with Gasteiger partial charge >= 0.3 is 6.09 Å². The van der Waals surface area contributed by atoms with Gasteiger partial charge in [-0.1, -0.05) is 25.7 Å². The molecule has 1 saturated heterocycles. The molecule has 196 valence electrons. The van der Waals surface area contributed by atoms with Crippen LogP contribution in [0.25, 0.3) is 0 Å². The Kier molecular flexibility index (Phi) is 8.57. The van der Waals surface area contributed by atoms with Crippen LogP contribution in [0.1, 0.15) is 50.6 Å². The van der Waals surface area contributed by atoms with Crippen molar-refractivity contribution in [3.63, 3.8) is 0 Å². The number of hydrogen-bond acceptors (Lipinski definition) is 9. The number of nitrogens with zero attached hydrogens (tertiary/aromatic N) is 3. The Morgan fingerprint density at radius 3 is 2.69 bits per heavy atom. The molecule has 0 spiro atoms. The molecule has 1 aliphatic carbocycles. The molecule has 3 heterocycles. The number of nitrogens with one attached hydrogen (secondary N) is 1. The average molecular weight is 505 g/mol. The first-order valence-electron chi connectivity index (χ1n) is 12.4. The molecule has 0 aromatic carbocycles. The number of hydrogen-bond donors (Lipinski definition) is 2. The average Bonchev–Trinajstić information content (AvgIpc) is 3.59. The van der Waals surface area contributed by atoms with Gasteiger partial charge in [0.1, 0.15) is 25.9 Å². The van der Waals surface area contributed by atoms with Crippen LogP contribution in [0.2, 0.25) is 0 Å². The number of carbonyl (C=O) groups excluding carboxylic acids is 4. The van der Waals surface area contributed by atoms with Crippen molar-refractivity contribution in [1.29, 1.82) is 0 Å². The SMILES string of the molecule is O=CN(O)C[C@@H](CC1CCCC1)C(=O)N1CCC[C@H]1C(=O)NC(=O)OCc1cc2c(cn1)OCCO2. The number of hydroxylamine groups is 2. The standard InChI is InChI=1S/C24H32N4O8/c29-15-27(33)13-17(10-16-4-1-2-5-16)23(31)28-7-3-6-19(28)22(30)26-24(32)36-14-18-11-20-21(12-25-18)35-9-8-34-20/h11-12,15-17,19,33H,1-10,13-14H2,(H,26,30,32)/t17-,19+/m1/s1. The summed E-state index contributed by atoms with van der Waals surface area (Å²) >= 11 is 0. The maximum absolute atomic E-state index is 13.4. The Morgan fingerprint density at radius 1 is 1.19 bits per heavy atom. The van der Waals surface area contributed by atoms with Crippen molar-refractivity contribution in [1.82, 2.24) is 20.3 Å². The third kappa shape index (κ3) is 6.42. The molecule has 2 N–H and O–H groups in total. The number of amides is 4. The number of ether oxygens (including phenoxy) is 3.